The highest BCUT2D eigenvalue weighted by atomic mass is 16.8. The molecule has 2 saturated heterocycles. The van der Waals surface area contributed by atoms with Gasteiger partial charge in [-0.15, -0.1) is 0 Å². The Morgan fingerprint density at radius 3 is 1.62 bits per heavy atom. The minimum absolute atomic E-state index is 0.107. The largest absolute Gasteiger partial charge is 0.374 e. The normalized spacial score (nSPS) is 26.4. The van der Waals surface area contributed by atoms with Crippen LogP contribution in [-0.4, -0.2) is 37.3 Å². The van der Waals surface area contributed by atoms with Crippen molar-refractivity contribution in [3.05, 3.63) is 108 Å². The van der Waals surface area contributed by atoms with Gasteiger partial charge in [0.25, 0.3) is 0 Å². The molecule has 0 amide bonds. The molecule has 2 fully saturated rings. The van der Waals surface area contributed by atoms with Crippen LogP contribution in [0, 0.1) is 0 Å². The summed E-state index contributed by atoms with van der Waals surface area (Å²) in [6.45, 7) is 1.91. The summed E-state index contributed by atoms with van der Waals surface area (Å²) in [6, 6.07) is 30.4. The third kappa shape index (κ3) is 5.44. The number of ether oxygens (including phenoxy) is 5. The van der Waals surface area contributed by atoms with Crippen molar-refractivity contribution in [2.75, 3.05) is 6.61 Å². The zero-order valence-electron chi connectivity index (χ0n) is 17.9. The van der Waals surface area contributed by atoms with E-state index in [1.54, 1.807) is 0 Å². The lowest BCUT2D eigenvalue weighted by Gasteiger charge is -2.35. The topological polar surface area (TPSA) is 49.5 Å². The first kappa shape index (κ1) is 21.3. The zero-order chi connectivity index (χ0) is 21.6. The van der Waals surface area contributed by atoms with E-state index in [1.807, 2.05) is 54.6 Å². The van der Waals surface area contributed by atoms with E-state index in [0.717, 1.165) is 16.7 Å². The molecule has 0 aliphatic carbocycles. The molecule has 0 unspecified atom stereocenters. The number of epoxide rings is 1. The van der Waals surface area contributed by atoms with Crippen molar-refractivity contribution in [1.29, 1.82) is 0 Å². The monoisotopic (exact) mass is 432 g/mol. The van der Waals surface area contributed by atoms with Gasteiger partial charge in [-0.2, -0.15) is 0 Å². The molecule has 0 saturated carbocycles. The van der Waals surface area contributed by atoms with Crippen molar-refractivity contribution in [1.82, 2.24) is 0 Å². The standard InChI is InChI=1S/C27H28O5/c1-4-10-20(11-5-1)16-28-19-23-24(29-17-21-12-6-2-7-13-21)25(26-27(31-23)32-26)30-18-22-14-8-3-9-15-22/h1-15,23-27H,16-19H2/t23-,24+,25+,26-,27-/m1/s1. The smallest absolute Gasteiger partial charge is 0.187 e. The average molecular weight is 433 g/mol. The first-order valence-corrected chi connectivity index (χ1v) is 11.1. The van der Waals surface area contributed by atoms with Gasteiger partial charge in [0.15, 0.2) is 6.29 Å². The molecule has 0 aromatic heterocycles. The second-order valence-corrected chi connectivity index (χ2v) is 8.17. The summed E-state index contributed by atoms with van der Waals surface area (Å²) in [7, 11) is 0. The first-order valence-electron chi connectivity index (χ1n) is 11.1. The van der Waals surface area contributed by atoms with E-state index >= 15 is 0 Å². The Labute approximate surface area is 188 Å². The number of hydrogen-bond acceptors (Lipinski definition) is 5. The van der Waals surface area contributed by atoms with Crippen molar-refractivity contribution in [2.45, 2.75) is 50.5 Å². The minimum Gasteiger partial charge on any atom is -0.374 e. The minimum atomic E-state index is -0.293. The summed E-state index contributed by atoms with van der Waals surface area (Å²) >= 11 is 0. The van der Waals surface area contributed by atoms with Gasteiger partial charge < -0.3 is 23.7 Å². The van der Waals surface area contributed by atoms with Crippen molar-refractivity contribution in [2.24, 2.45) is 0 Å². The summed E-state index contributed by atoms with van der Waals surface area (Å²) in [5, 5.41) is 0. The average Bonchev–Trinajstić information content (AvgIpc) is 3.63. The summed E-state index contributed by atoms with van der Waals surface area (Å²) in [5.74, 6) is 0. The molecule has 0 radical (unpaired) electrons. The molecule has 0 spiro atoms. The Kier molecular flexibility index (Phi) is 6.92. The van der Waals surface area contributed by atoms with Crippen molar-refractivity contribution in [3.63, 3.8) is 0 Å². The fourth-order valence-corrected chi connectivity index (χ4v) is 4.03. The molecule has 2 aliphatic heterocycles. The van der Waals surface area contributed by atoms with Crippen LogP contribution in [0.1, 0.15) is 16.7 Å². The van der Waals surface area contributed by atoms with Crippen LogP contribution in [0.25, 0.3) is 0 Å². The van der Waals surface area contributed by atoms with Gasteiger partial charge >= 0.3 is 0 Å². The predicted molar refractivity (Wildman–Crippen MR) is 120 cm³/mol. The number of rotatable bonds is 10. The Hall–Kier alpha value is -2.54. The van der Waals surface area contributed by atoms with Gasteiger partial charge in [0.05, 0.1) is 26.4 Å². The third-order valence-electron chi connectivity index (χ3n) is 5.77. The number of benzene rings is 3. The molecule has 2 aliphatic rings. The molecule has 3 aromatic carbocycles. The van der Waals surface area contributed by atoms with E-state index in [4.69, 9.17) is 23.7 Å². The van der Waals surface area contributed by atoms with Crippen LogP contribution in [0.2, 0.25) is 0 Å². The second kappa shape index (κ2) is 10.4. The van der Waals surface area contributed by atoms with Gasteiger partial charge in [-0.3, -0.25) is 0 Å². The molecule has 5 rings (SSSR count). The molecule has 5 heteroatoms. The highest BCUT2D eigenvalue weighted by Crippen LogP contribution is 2.39. The third-order valence-corrected chi connectivity index (χ3v) is 5.77. The Bertz CT molecular complexity index is 950. The first-order chi connectivity index (χ1) is 15.9. The Balaban J connectivity index is 1.26. The van der Waals surface area contributed by atoms with Crippen molar-refractivity contribution < 1.29 is 23.7 Å². The highest BCUT2D eigenvalue weighted by molar-refractivity contribution is 5.15. The molecule has 32 heavy (non-hydrogen) atoms. The molecule has 5 atom stereocenters. The summed E-state index contributed by atoms with van der Waals surface area (Å²) in [5.41, 5.74) is 3.36. The van der Waals surface area contributed by atoms with Gasteiger partial charge in [0, 0.05) is 0 Å². The van der Waals surface area contributed by atoms with Gasteiger partial charge in [-0.25, -0.2) is 0 Å². The highest BCUT2D eigenvalue weighted by Gasteiger charge is 2.58. The molecule has 0 bridgehead atoms. The second-order valence-electron chi connectivity index (χ2n) is 8.17. The van der Waals surface area contributed by atoms with Gasteiger partial charge in [-0.05, 0) is 16.7 Å². The number of fused-ring (bicyclic) bond motifs is 1. The molecule has 3 aromatic rings. The van der Waals surface area contributed by atoms with Crippen LogP contribution >= 0.6 is 0 Å². The van der Waals surface area contributed by atoms with E-state index in [9.17, 15) is 0 Å². The maximum absolute atomic E-state index is 6.37. The van der Waals surface area contributed by atoms with E-state index in [2.05, 4.69) is 36.4 Å². The molecular weight excluding hydrogens is 404 g/mol. The van der Waals surface area contributed by atoms with Crippen LogP contribution < -0.4 is 0 Å². The van der Waals surface area contributed by atoms with Crippen LogP contribution in [0.4, 0.5) is 0 Å². The Morgan fingerprint density at radius 2 is 1.06 bits per heavy atom. The predicted octanol–water partition coefficient (Wildman–Crippen LogP) is 4.50. The number of hydrogen-bond donors (Lipinski definition) is 0. The van der Waals surface area contributed by atoms with E-state index < -0.39 is 0 Å². The summed E-state index contributed by atoms with van der Waals surface area (Å²) in [4.78, 5) is 0. The SMILES string of the molecule is c1ccc(COC[C@H]2O[C@@H]3O[C@@H]3[C@@H](OCc3ccccc3)[C@H]2OCc2ccccc2)cc1. The van der Waals surface area contributed by atoms with E-state index in [-0.39, 0.29) is 30.7 Å². The summed E-state index contributed by atoms with van der Waals surface area (Å²) in [6.07, 6.45) is -1.14. The van der Waals surface area contributed by atoms with E-state index in [1.165, 1.54) is 0 Å². The van der Waals surface area contributed by atoms with Gasteiger partial charge in [0.1, 0.15) is 24.4 Å². The molecule has 5 nitrogen and oxygen atoms in total. The maximum atomic E-state index is 6.37. The van der Waals surface area contributed by atoms with Crippen molar-refractivity contribution in [3.8, 4) is 0 Å². The summed E-state index contributed by atoms with van der Waals surface area (Å²) < 4.78 is 30.6. The van der Waals surface area contributed by atoms with Gasteiger partial charge in [0.2, 0.25) is 0 Å². The lowest BCUT2D eigenvalue weighted by Crippen LogP contribution is -2.52. The Morgan fingerprint density at radius 1 is 0.562 bits per heavy atom. The van der Waals surface area contributed by atoms with E-state index in [0.29, 0.717) is 26.4 Å². The van der Waals surface area contributed by atoms with Crippen LogP contribution in [0.5, 0.6) is 0 Å². The van der Waals surface area contributed by atoms with Crippen LogP contribution in [-0.2, 0) is 43.5 Å². The van der Waals surface area contributed by atoms with Crippen LogP contribution in [0.15, 0.2) is 91.0 Å². The van der Waals surface area contributed by atoms with Crippen LogP contribution in [0.3, 0.4) is 0 Å². The molecular formula is C27H28O5. The fraction of sp³-hybridized carbons (Fsp3) is 0.333. The van der Waals surface area contributed by atoms with Crippen molar-refractivity contribution >= 4 is 0 Å². The molecule has 0 N–H and O–H groups in total. The molecule has 166 valence electrons. The quantitative estimate of drug-likeness (QED) is 0.442. The zero-order valence-corrected chi connectivity index (χ0v) is 17.9. The molecule has 2 heterocycles. The fourth-order valence-electron chi connectivity index (χ4n) is 4.03. The lowest BCUT2D eigenvalue weighted by molar-refractivity contribution is -0.192. The lowest BCUT2D eigenvalue weighted by atomic mass is 10.0. The van der Waals surface area contributed by atoms with Gasteiger partial charge in [-0.1, -0.05) is 91.0 Å². The maximum Gasteiger partial charge on any atom is 0.187 e.